The molecule has 21 heavy (non-hydrogen) atoms. The number of carboxylic acid groups (broad SMARTS) is 1. The Balaban J connectivity index is 2.37. The van der Waals surface area contributed by atoms with Crippen LogP contribution in [0.3, 0.4) is 0 Å². The molecule has 1 aromatic carbocycles. The molecule has 0 heterocycles. The second kappa shape index (κ2) is 8.31. The molecule has 0 aliphatic rings. The first-order valence-electron chi connectivity index (χ1n) is 6.36. The molecule has 2 amide bonds. The number of hydrogen-bond acceptors (Lipinski definition) is 4. The van der Waals surface area contributed by atoms with Crippen LogP contribution in [0, 0.1) is 0 Å². The summed E-state index contributed by atoms with van der Waals surface area (Å²) in [6.45, 7) is 1.30. The molecule has 0 saturated carbocycles. The van der Waals surface area contributed by atoms with Crippen molar-refractivity contribution in [2.75, 3.05) is 5.75 Å². The highest BCUT2D eigenvalue weighted by Crippen LogP contribution is 2.15. The zero-order valence-electron chi connectivity index (χ0n) is 11.7. The van der Waals surface area contributed by atoms with Crippen LogP contribution in [0.4, 0.5) is 0 Å². The van der Waals surface area contributed by atoms with Gasteiger partial charge in [0.25, 0.3) is 0 Å². The number of rotatable bonds is 8. The van der Waals surface area contributed by atoms with E-state index < -0.39 is 17.9 Å². The molecular formula is C14H18N2O4S. The predicted octanol–water partition coefficient (Wildman–Crippen LogP) is 0.998. The van der Waals surface area contributed by atoms with Crippen molar-refractivity contribution >= 4 is 29.5 Å². The second-order valence-corrected chi connectivity index (χ2v) is 5.60. The first-order chi connectivity index (χ1) is 9.90. The van der Waals surface area contributed by atoms with Crippen molar-refractivity contribution in [2.45, 2.75) is 25.1 Å². The summed E-state index contributed by atoms with van der Waals surface area (Å²) in [5.41, 5.74) is 6.64. The highest BCUT2D eigenvalue weighted by molar-refractivity contribution is 7.98. The number of primary amides is 1. The van der Waals surface area contributed by atoms with Gasteiger partial charge in [0.1, 0.15) is 6.04 Å². The van der Waals surface area contributed by atoms with Gasteiger partial charge < -0.3 is 16.2 Å². The third-order valence-corrected chi connectivity index (χ3v) is 3.80. The lowest BCUT2D eigenvalue weighted by molar-refractivity contribution is -0.141. The molecule has 0 radical (unpaired) electrons. The summed E-state index contributed by atoms with van der Waals surface area (Å²) < 4.78 is 0. The Morgan fingerprint density at radius 2 is 1.90 bits per heavy atom. The smallest absolute Gasteiger partial charge is 0.326 e. The van der Waals surface area contributed by atoms with Gasteiger partial charge in [0.15, 0.2) is 0 Å². The van der Waals surface area contributed by atoms with Crippen molar-refractivity contribution in [2.24, 2.45) is 5.73 Å². The molecule has 6 nitrogen and oxygen atoms in total. The first kappa shape index (κ1) is 17.0. The van der Waals surface area contributed by atoms with Crippen LogP contribution in [0.1, 0.15) is 29.3 Å². The van der Waals surface area contributed by atoms with Gasteiger partial charge in [-0.05, 0) is 29.9 Å². The number of nitrogens with one attached hydrogen (secondary N) is 1. The molecule has 0 aromatic heterocycles. The third-order valence-electron chi connectivity index (χ3n) is 2.73. The summed E-state index contributed by atoms with van der Waals surface area (Å²) in [4.78, 5) is 32.7. The summed E-state index contributed by atoms with van der Waals surface area (Å²) >= 11 is 1.56. The quantitative estimate of drug-likeness (QED) is 0.620. The van der Waals surface area contributed by atoms with E-state index in [0.717, 1.165) is 5.56 Å². The van der Waals surface area contributed by atoms with Crippen molar-refractivity contribution in [3.63, 3.8) is 0 Å². The van der Waals surface area contributed by atoms with Gasteiger partial charge in [-0.3, -0.25) is 9.59 Å². The lowest BCUT2D eigenvalue weighted by atomic mass is 10.1. The molecular weight excluding hydrogens is 292 g/mol. The molecule has 114 valence electrons. The first-order valence-corrected chi connectivity index (χ1v) is 7.52. The number of aliphatic carboxylic acids is 1. The third kappa shape index (κ3) is 6.31. The van der Waals surface area contributed by atoms with Gasteiger partial charge in [-0.15, -0.1) is 0 Å². The number of nitrogens with two attached hydrogens (primary N) is 1. The van der Waals surface area contributed by atoms with Crippen LogP contribution in [0.25, 0.3) is 0 Å². The van der Waals surface area contributed by atoms with E-state index in [-0.39, 0.29) is 5.91 Å². The molecule has 4 N–H and O–H groups in total. The highest BCUT2D eigenvalue weighted by Gasteiger charge is 2.17. The molecule has 0 aliphatic carbocycles. The molecule has 1 aromatic rings. The minimum Gasteiger partial charge on any atom is -0.480 e. The molecule has 0 saturated heterocycles. The van der Waals surface area contributed by atoms with Crippen molar-refractivity contribution in [3.05, 3.63) is 35.4 Å². The van der Waals surface area contributed by atoms with Gasteiger partial charge in [-0.1, -0.05) is 12.1 Å². The molecule has 0 fully saturated rings. The number of benzene rings is 1. The van der Waals surface area contributed by atoms with Gasteiger partial charge in [-0.2, -0.15) is 11.8 Å². The summed E-state index contributed by atoms with van der Waals surface area (Å²) in [5, 5.41) is 11.3. The van der Waals surface area contributed by atoms with Crippen LogP contribution in [0.15, 0.2) is 24.3 Å². The number of carboxylic acids is 1. The van der Waals surface area contributed by atoms with Gasteiger partial charge in [0, 0.05) is 18.2 Å². The minimum absolute atomic E-state index is 0.352. The van der Waals surface area contributed by atoms with Crippen LogP contribution in [-0.4, -0.2) is 34.7 Å². The van der Waals surface area contributed by atoms with E-state index in [1.165, 1.54) is 6.92 Å². The van der Waals surface area contributed by atoms with Crippen LogP contribution >= 0.6 is 11.8 Å². The summed E-state index contributed by atoms with van der Waals surface area (Å²) in [7, 11) is 0. The number of thioether (sulfide) groups is 1. The van der Waals surface area contributed by atoms with E-state index in [9.17, 15) is 14.4 Å². The number of amides is 2. The lowest BCUT2D eigenvalue weighted by Crippen LogP contribution is -2.39. The minimum atomic E-state index is -1.03. The van der Waals surface area contributed by atoms with Crippen molar-refractivity contribution in [1.82, 2.24) is 5.32 Å². The monoisotopic (exact) mass is 310 g/mol. The lowest BCUT2D eigenvalue weighted by Gasteiger charge is -2.12. The second-order valence-electron chi connectivity index (χ2n) is 4.49. The van der Waals surface area contributed by atoms with Crippen LogP contribution in [0.2, 0.25) is 0 Å². The van der Waals surface area contributed by atoms with E-state index in [2.05, 4.69) is 5.32 Å². The standard InChI is InChI=1S/C14H18N2O4S/c1-9(17)16-12(14(19)20)6-7-21-8-10-2-4-11(5-3-10)13(15)18/h2-5,12H,6-8H2,1H3,(H2,15,18)(H,16,17)(H,19,20). The summed E-state index contributed by atoms with van der Waals surface area (Å²) in [6, 6.07) is 6.10. The van der Waals surface area contributed by atoms with Gasteiger partial charge in [0.2, 0.25) is 11.8 Å². The van der Waals surface area contributed by atoms with Crippen LogP contribution in [0.5, 0.6) is 0 Å². The predicted molar refractivity (Wildman–Crippen MR) is 81.0 cm³/mol. The highest BCUT2D eigenvalue weighted by atomic mass is 32.2. The average Bonchev–Trinajstić information content (AvgIpc) is 2.42. The molecule has 7 heteroatoms. The molecule has 1 rings (SSSR count). The Morgan fingerprint density at radius 1 is 1.29 bits per heavy atom. The Bertz CT molecular complexity index is 516. The Kier molecular flexibility index (Phi) is 6.74. The van der Waals surface area contributed by atoms with Crippen LogP contribution in [-0.2, 0) is 15.3 Å². The van der Waals surface area contributed by atoms with Crippen LogP contribution < -0.4 is 11.1 Å². The fraction of sp³-hybridized carbons (Fsp3) is 0.357. The molecule has 0 spiro atoms. The normalized spacial score (nSPS) is 11.7. The Morgan fingerprint density at radius 3 is 2.38 bits per heavy atom. The molecule has 0 aliphatic heterocycles. The van der Waals surface area contributed by atoms with Gasteiger partial charge in [0.05, 0.1) is 0 Å². The number of carbonyl (C=O) groups excluding carboxylic acids is 2. The van der Waals surface area contributed by atoms with Gasteiger partial charge in [-0.25, -0.2) is 4.79 Å². The van der Waals surface area contributed by atoms with Gasteiger partial charge >= 0.3 is 5.97 Å². The van der Waals surface area contributed by atoms with Crippen molar-refractivity contribution < 1.29 is 19.5 Å². The van der Waals surface area contributed by atoms with E-state index >= 15 is 0 Å². The largest absolute Gasteiger partial charge is 0.480 e. The zero-order valence-corrected chi connectivity index (χ0v) is 12.5. The maximum absolute atomic E-state index is 10.9. The average molecular weight is 310 g/mol. The van der Waals surface area contributed by atoms with E-state index in [4.69, 9.17) is 10.8 Å². The fourth-order valence-electron chi connectivity index (χ4n) is 1.66. The maximum Gasteiger partial charge on any atom is 0.326 e. The summed E-state index contributed by atoms with van der Waals surface area (Å²) in [6.07, 6.45) is 0.360. The molecule has 0 bridgehead atoms. The topological polar surface area (TPSA) is 109 Å². The zero-order chi connectivity index (χ0) is 15.8. The van der Waals surface area contributed by atoms with E-state index in [1.807, 2.05) is 12.1 Å². The number of hydrogen-bond donors (Lipinski definition) is 3. The summed E-state index contributed by atoms with van der Waals surface area (Å²) in [5.74, 6) is -0.542. The Labute approximate surface area is 127 Å². The molecule has 1 atom stereocenters. The fourth-order valence-corrected chi connectivity index (χ4v) is 2.63. The number of carbonyl (C=O) groups is 3. The maximum atomic E-state index is 10.9. The van der Waals surface area contributed by atoms with E-state index in [0.29, 0.717) is 23.5 Å². The van der Waals surface area contributed by atoms with E-state index in [1.54, 1.807) is 23.9 Å². The molecule has 1 unspecified atom stereocenters. The van der Waals surface area contributed by atoms with Crippen molar-refractivity contribution in [1.29, 1.82) is 0 Å². The Hall–Kier alpha value is -2.02. The van der Waals surface area contributed by atoms with Crippen molar-refractivity contribution in [3.8, 4) is 0 Å². The SMILES string of the molecule is CC(=O)NC(CCSCc1ccc(C(N)=O)cc1)C(=O)O.